The topological polar surface area (TPSA) is 76.9 Å². The van der Waals surface area contributed by atoms with Crippen molar-refractivity contribution < 1.29 is 14.3 Å². The summed E-state index contributed by atoms with van der Waals surface area (Å²) in [4.78, 5) is 31.4. The van der Waals surface area contributed by atoms with Crippen molar-refractivity contribution in [3.8, 4) is 11.8 Å². The van der Waals surface area contributed by atoms with Crippen LogP contribution in [0.25, 0.3) is 0 Å². The summed E-state index contributed by atoms with van der Waals surface area (Å²) in [5, 5.41) is 9.75. The normalized spacial score (nSPS) is 19.9. The van der Waals surface area contributed by atoms with Crippen LogP contribution in [0.15, 0.2) is 48.5 Å². The fourth-order valence-electron chi connectivity index (χ4n) is 4.62. The number of amides is 2. The number of hydrogen-bond donors (Lipinski definition) is 0. The summed E-state index contributed by atoms with van der Waals surface area (Å²) in [7, 11) is 1.62. The van der Waals surface area contributed by atoms with Crippen molar-refractivity contribution >= 4 is 11.8 Å². The van der Waals surface area contributed by atoms with E-state index in [9.17, 15) is 14.9 Å². The lowest BCUT2D eigenvalue weighted by molar-refractivity contribution is -0.137. The number of likely N-dealkylation sites (tertiary alicyclic amines) is 1. The predicted octanol–water partition coefficient (Wildman–Crippen LogP) is 2.76. The molecule has 2 amide bonds. The molecule has 0 aromatic heterocycles. The molecule has 4 rings (SSSR count). The van der Waals surface area contributed by atoms with E-state index >= 15 is 0 Å². The highest BCUT2D eigenvalue weighted by Gasteiger charge is 2.37. The van der Waals surface area contributed by atoms with E-state index in [1.54, 1.807) is 12.0 Å². The number of carbonyl (C=O) groups is 2. The first-order chi connectivity index (χ1) is 16.0. The molecule has 0 spiro atoms. The molecule has 0 aliphatic carbocycles. The van der Waals surface area contributed by atoms with E-state index in [-0.39, 0.29) is 30.2 Å². The summed E-state index contributed by atoms with van der Waals surface area (Å²) in [5.41, 5.74) is 3.19. The van der Waals surface area contributed by atoms with Crippen molar-refractivity contribution in [1.29, 1.82) is 5.26 Å². The van der Waals surface area contributed by atoms with Crippen LogP contribution in [0.1, 0.15) is 29.2 Å². The Hall–Kier alpha value is -3.37. The number of nitriles is 1. The molecule has 2 fully saturated rings. The zero-order valence-corrected chi connectivity index (χ0v) is 19.2. The second-order valence-electron chi connectivity index (χ2n) is 8.83. The van der Waals surface area contributed by atoms with Gasteiger partial charge < -0.3 is 14.5 Å². The van der Waals surface area contributed by atoms with Crippen LogP contribution in [0.5, 0.6) is 5.75 Å². The second kappa shape index (κ2) is 10.1. The van der Waals surface area contributed by atoms with Crippen molar-refractivity contribution in [2.45, 2.75) is 25.9 Å². The maximum atomic E-state index is 13.1. The Kier molecular flexibility index (Phi) is 6.95. The monoisotopic (exact) mass is 446 g/mol. The van der Waals surface area contributed by atoms with Crippen LogP contribution in [0, 0.1) is 24.2 Å². The van der Waals surface area contributed by atoms with Crippen molar-refractivity contribution in [2.75, 3.05) is 39.8 Å². The first-order valence-corrected chi connectivity index (χ1v) is 11.4. The van der Waals surface area contributed by atoms with Crippen LogP contribution < -0.4 is 4.74 Å². The fraction of sp³-hybridized carbons (Fsp3) is 0.423. The molecule has 7 nitrogen and oxygen atoms in total. The number of piperazine rings is 1. The summed E-state index contributed by atoms with van der Waals surface area (Å²) in [6.45, 7) is 5.44. The highest BCUT2D eigenvalue weighted by atomic mass is 16.5. The Bertz CT molecular complexity index is 1020. The lowest BCUT2D eigenvalue weighted by Crippen LogP contribution is -2.51. The van der Waals surface area contributed by atoms with Gasteiger partial charge in [0.05, 0.1) is 19.1 Å². The molecule has 2 aliphatic rings. The Labute approximate surface area is 195 Å². The molecule has 0 saturated carbocycles. The van der Waals surface area contributed by atoms with Crippen molar-refractivity contribution in [3.63, 3.8) is 0 Å². The predicted molar refractivity (Wildman–Crippen MR) is 124 cm³/mol. The third kappa shape index (κ3) is 5.18. The maximum Gasteiger partial charge on any atom is 0.228 e. The smallest absolute Gasteiger partial charge is 0.228 e. The molecule has 2 atom stereocenters. The van der Waals surface area contributed by atoms with Crippen LogP contribution in [0.4, 0.5) is 0 Å². The first-order valence-electron chi connectivity index (χ1n) is 11.4. The number of ether oxygens (including phenoxy) is 1. The molecular formula is C26H30N4O3. The maximum absolute atomic E-state index is 13.1. The molecule has 33 heavy (non-hydrogen) atoms. The first kappa shape index (κ1) is 22.8. The van der Waals surface area contributed by atoms with Gasteiger partial charge in [0.1, 0.15) is 11.8 Å². The third-order valence-corrected chi connectivity index (χ3v) is 6.60. The van der Waals surface area contributed by atoms with Gasteiger partial charge in [-0.2, -0.15) is 5.26 Å². The summed E-state index contributed by atoms with van der Waals surface area (Å²) in [5.74, 6) is 0.556. The summed E-state index contributed by atoms with van der Waals surface area (Å²) in [6.07, 6.45) is 0.275. The van der Waals surface area contributed by atoms with Gasteiger partial charge in [-0.3, -0.25) is 14.5 Å². The zero-order chi connectivity index (χ0) is 23.4. The molecule has 7 heteroatoms. The number of nitrogens with zero attached hydrogens (tertiary/aromatic N) is 4. The largest absolute Gasteiger partial charge is 0.497 e. The van der Waals surface area contributed by atoms with Gasteiger partial charge in [0.15, 0.2) is 0 Å². The van der Waals surface area contributed by atoms with Crippen molar-refractivity contribution in [3.05, 3.63) is 65.2 Å². The molecule has 172 valence electrons. The van der Waals surface area contributed by atoms with Crippen LogP contribution in [-0.4, -0.2) is 66.3 Å². The second-order valence-corrected chi connectivity index (χ2v) is 8.83. The third-order valence-electron chi connectivity index (χ3n) is 6.60. The van der Waals surface area contributed by atoms with Gasteiger partial charge in [-0.25, -0.2) is 0 Å². The van der Waals surface area contributed by atoms with E-state index in [0.717, 1.165) is 16.9 Å². The number of aryl methyl sites for hydroxylation is 1. The Morgan fingerprint density at radius 1 is 1.09 bits per heavy atom. The summed E-state index contributed by atoms with van der Waals surface area (Å²) in [6, 6.07) is 17.7. The Morgan fingerprint density at radius 2 is 1.76 bits per heavy atom. The minimum atomic E-state index is -0.355. The fourth-order valence-corrected chi connectivity index (χ4v) is 4.62. The number of carbonyl (C=O) groups excluding carboxylic acids is 2. The van der Waals surface area contributed by atoms with Gasteiger partial charge in [0, 0.05) is 45.7 Å². The van der Waals surface area contributed by atoms with Gasteiger partial charge >= 0.3 is 0 Å². The van der Waals surface area contributed by atoms with Crippen molar-refractivity contribution in [1.82, 2.24) is 14.7 Å². The highest BCUT2D eigenvalue weighted by Crippen LogP contribution is 2.26. The summed E-state index contributed by atoms with van der Waals surface area (Å²) < 4.78 is 5.20. The zero-order valence-electron chi connectivity index (χ0n) is 19.2. The molecule has 0 bridgehead atoms. The van der Waals surface area contributed by atoms with Gasteiger partial charge in [-0.15, -0.1) is 0 Å². The lowest BCUT2D eigenvalue weighted by atomic mass is 10.0. The summed E-state index contributed by atoms with van der Waals surface area (Å²) >= 11 is 0. The van der Waals surface area contributed by atoms with Crippen molar-refractivity contribution in [2.24, 2.45) is 5.92 Å². The van der Waals surface area contributed by atoms with Crippen LogP contribution in [-0.2, 0) is 16.1 Å². The minimum absolute atomic E-state index is 0.0385. The molecule has 2 aliphatic heterocycles. The molecular weight excluding hydrogens is 416 g/mol. The average Bonchev–Trinajstić information content (AvgIpc) is 3.21. The van der Waals surface area contributed by atoms with Gasteiger partial charge in [-0.05, 0) is 30.2 Å². The van der Waals surface area contributed by atoms with Gasteiger partial charge in [-0.1, -0.05) is 42.0 Å². The highest BCUT2D eigenvalue weighted by molar-refractivity contribution is 5.89. The number of benzene rings is 2. The molecule has 2 unspecified atom stereocenters. The number of hydrogen-bond acceptors (Lipinski definition) is 5. The molecule has 2 saturated heterocycles. The molecule has 2 aromatic carbocycles. The van der Waals surface area contributed by atoms with E-state index in [0.29, 0.717) is 39.3 Å². The molecule has 2 aromatic rings. The Balaban J connectivity index is 1.32. The van der Waals surface area contributed by atoms with E-state index < -0.39 is 0 Å². The minimum Gasteiger partial charge on any atom is -0.497 e. The standard InChI is InChI=1S/C26H30N4O3/c1-19-3-5-20(6-4-19)17-30-18-22(15-25(30)31)26(32)29-13-11-28(12-14-29)24(16-27)21-7-9-23(33-2)10-8-21/h3-10,22,24H,11-15,17-18H2,1-2H3. The quantitative estimate of drug-likeness (QED) is 0.682. The average molecular weight is 447 g/mol. The molecule has 0 radical (unpaired) electrons. The lowest BCUT2D eigenvalue weighted by Gasteiger charge is -2.38. The SMILES string of the molecule is COc1ccc(C(C#N)N2CCN(C(=O)C3CC(=O)N(Cc4ccc(C)cc4)C3)CC2)cc1. The molecule has 0 N–H and O–H groups in total. The van der Waals surface area contributed by atoms with Gasteiger partial charge in [0.2, 0.25) is 11.8 Å². The van der Waals surface area contributed by atoms with E-state index in [4.69, 9.17) is 4.74 Å². The van der Waals surface area contributed by atoms with E-state index in [1.165, 1.54) is 5.56 Å². The van der Waals surface area contributed by atoms with Crippen LogP contribution in [0.3, 0.4) is 0 Å². The van der Waals surface area contributed by atoms with Crippen LogP contribution >= 0.6 is 0 Å². The number of rotatable bonds is 6. The molecule has 2 heterocycles. The number of methoxy groups -OCH3 is 1. The van der Waals surface area contributed by atoms with E-state index in [1.807, 2.05) is 60.4 Å². The van der Waals surface area contributed by atoms with Gasteiger partial charge in [0.25, 0.3) is 0 Å². The van der Waals surface area contributed by atoms with E-state index in [2.05, 4.69) is 11.0 Å². The Morgan fingerprint density at radius 3 is 2.36 bits per heavy atom. The van der Waals surface area contributed by atoms with Crippen LogP contribution in [0.2, 0.25) is 0 Å².